The Kier molecular flexibility index (Phi) is 6.12. The van der Waals surface area contributed by atoms with Crippen molar-refractivity contribution in [3.05, 3.63) is 84.1 Å². The fourth-order valence-electron chi connectivity index (χ4n) is 2.80. The van der Waals surface area contributed by atoms with Gasteiger partial charge in [-0.25, -0.2) is 0 Å². The molecule has 132 valence electrons. The monoisotopic (exact) mass is 346 g/mol. The molecular weight excluding hydrogens is 324 g/mol. The molecule has 0 aliphatic rings. The molecule has 0 saturated heterocycles. The molecule has 1 amide bonds. The molecule has 0 aliphatic carbocycles. The number of para-hydroxylation sites is 1. The predicted molar refractivity (Wildman–Crippen MR) is 105 cm³/mol. The van der Waals surface area contributed by atoms with Crippen LogP contribution in [0, 0.1) is 0 Å². The van der Waals surface area contributed by atoms with E-state index < -0.39 is 0 Å². The number of ether oxygens (including phenoxy) is 1. The normalized spacial score (nSPS) is 11.1. The lowest BCUT2D eigenvalue weighted by molar-refractivity contribution is -0.127. The zero-order valence-corrected chi connectivity index (χ0v) is 14.8. The number of aromatic nitrogens is 1. The van der Waals surface area contributed by atoms with Crippen LogP contribution in [0.3, 0.4) is 0 Å². The van der Waals surface area contributed by atoms with Crippen LogP contribution in [0.15, 0.2) is 72.9 Å². The molecule has 4 heteroatoms. The van der Waals surface area contributed by atoms with E-state index in [0.717, 1.165) is 22.0 Å². The van der Waals surface area contributed by atoms with E-state index in [1.165, 1.54) is 0 Å². The van der Waals surface area contributed by atoms with E-state index in [1.54, 1.807) is 24.3 Å². The van der Waals surface area contributed by atoms with Crippen LogP contribution in [0.25, 0.3) is 17.0 Å². The zero-order chi connectivity index (χ0) is 18.2. The summed E-state index contributed by atoms with van der Waals surface area (Å²) in [7, 11) is 1.64. The quantitative estimate of drug-likeness (QED) is 0.609. The molecule has 1 heterocycles. The second-order valence-electron chi connectivity index (χ2n) is 5.99. The highest BCUT2D eigenvalue weighted by Crippen LogP contribution is 2.17. The van der Waals surface area contributed by atoms with Crippen molar-refractivity contribution >= 4 is 22.9 Å². The number of hydrogen-bond donors (Lipinski definition) is 0. The average molecular weight is 346 g/mol. The van der Waals surface area contributed by atoms with Gasteiger partial charge < -0.3 is 9.64 Å². The van der Waals surface area contributed by atoms with Gasteiger partial charge in [0.1, 0.15) is 0 Å². The molecule has 0 N–H and O–H groups in total. The van der Waals surface area contributed by atoms with Crippen molar-refractivity contribution in [3.8, 4) is 0 Å². The number of nitrogens with zero attached hydrogens (tertiary/aromatic N) is 2. The molecule has 0 bridgehead atoms. The number of pyridine rings is 1. The summed E-state index contributed by atoms with van der Waals surface area (Å²) in [5, 5.41) is 1.06. The van der Waals surface area contributed by atoms with E-state index in [1.807, 2.05) is 66.7 Å². The first-order valence-corrected chi connectivity index (χ1v) is 8.61. The van der Waals surface area contributed by atoms with E-state index in [-0.39, 0.29) is 5.91 Å². The number of hydrogen-bond acceptors (Lipinski definition) is 3. The Morgan fingerprint density at radius 3 is 2.69 bits per heavy atom. The molecule has 26 heavy (non-hydrogen) atoms. The maximum absolute atomic E-state index is 12.7. The molecule has 0 fully saturated rings. The maximum Gasteiger partial charge on any atom is 0.246 e. The molecule has 4 nitrogen and oxygen atoms in total. The minimum absolute atomic E-state index is 0.0427. The van der Waals surface area contributed by atoms with Crippen molar-refractivity contribution in [1.82, 2.24) is 9.88 Å². The maximum atomic E-state index is 12.7. The Balaban J connectivity index is 1.78. The molecule has 0 unspecified atom stereocenters. The van der Waals surface area contributed by atoms with E-state index in [4.69, 9.17) is 4.74 Å². The Hall–Kier alpha value is -2.98. The lowest BCUT2D eigenvalue weighted by Gasteiger charge is -2.21. The first-order valence-electron chi connectivity index (χ1n) is 8.61. The van der Waals surface area contributed by atoms with E-state index in [0.29, 0.717) is 19.7 Å². The van der Waals surface area contributed by atoms with Crippen molar-refractivity contribution in [3.63, 3.8) is 0 Å². The molecule has 0 spiro atoms. The Morgan fingerprint density at radius 1 is 1.08 bits per heavy atom. The second-order valence-corrected chi connectivity index (χ2v) is 5.99. The minimum Gasteiger partial charge on any atom is -0.383 e. The topological polar surface area (TPSA) is 42.4 Å². The zero-order valence-electron chi connectivity index (χ0n) is 14.8. The van der Waals surface area contributed by atoms with Gasteiger partial charge in [-0.2, -0.15) is 0 Å². The number of amides is 1. The fourth-order valence-corrected chi connectivity index (χ4v) is 2.80. The third-order valence-electron chi connectivity index (χ3n) is 4.16. The van der Waals surface area contributed by atoms with Crippen LogP contribution < -0.4 is 0 Å². The van der Waals surface area contributed by atoms with Crippen molar-refractivity contribution in [2.75, 3.05) is 20.3 Å². The second kappa shape index (κ2) is 8.92. The lowest BCUT2D eigenvalue weighted by Crippen LogP contribution is -2.32. The van der Waals surface area contributed by atoms with Crippen LogP contribution in [0.1, 0.15) is 11.1 Å². The standard InChI is InChI=1S/C22H22N2O2/c1-26-16-15-24(17-18-7-3-2-4-8-18)21(25)13-12-20-10-5-9-19-11-6-14-23-22(19)20/h2-14H,15-17H2,1H3/b13-12+. The summed E-state index contributed by atoms with van der Waals surface area (Å²) < 4.78 is 5.15. The minimum atomic E-state index is -0.0427. The van der Waals surface area contributed by atoms with Crippen LogP contribution in [-0.2, 0) is 16.1 Å². The highest BCUT2D eigenvalue weighted by atomic mass is 16.5. The Morgan fingerprint density at radius 2 is 1.88 bits per heavy atom. The highest BCUT2D eigenvalue weighted by molar-refractivity contribution is 5.95. The summed E-state index contributed by atoms with van der Waals surface area (Å²) >= 11 is 0. The fraction of sp³-hybridized carbons (Fsp3) is 0.182. The highest BCUT2D eigenvalue weighted by Gasteiger charge is 2.11. The van der Waals surface area contributed by atoms with Crippen molar-refractivity contribution in [1.29, 1.82) is 0 Å². The summed E-state index contributed by atoms with van der Waals surface area (Å²) in [6.45, 7) is 1.60. The van der Waals surface area contributed by atoms with Crippen molar-refractivity contribution in [2.45, 2.75) is 6.54 Å². The first kappa shape index (κ1) is 17.8. The molecule has 3 rings (SSSR count). The van der Waals surface area contributed by atoms with Crippen molar-refractivity contribution in [2.24, 2.45) is 0 Å². The third-order valence-corrected chi connectivity index (χ3v) is 4.16. The Bertz CT molecular complexity index is 886. The van der Waals surface area contributed by atoms with Gasteiger partial charge in [0, 0.05) is 43.4 Å². The third kappa shape index (κ3) is 4.55. The number of carbonyl (C=O) groups is 1. The number of benzene rings is 2. The van der Waals surface area contributed by atoms with Crippen LogP contribution in [0.5, 0.6) is 0 Å². The van der Waals surface area contributed by atoms with Gasteiger partial charge in [-0.05, 0) is 17.7 Å². The van der Waals surface area contributed by atoms with Gasteiger partial charge in [0.2, 0.25) is 5.91 Å². The van der Waals surface area contributed by atoms with Gasteiger partial charge in [0.15, 0.2) is 0 Å². The van der Waals surface area contributed by atoms with E-state index in [9.17, 15) is 4.79 Å². The van der Waals surface area contributed by atoms with Crippen LogP contribution in [0.2, 0.25) is 0 Å². The van der Waals surface area contributed by atoms with E-state index >= 15 is 0 Å². The van der Waals surface area contributed by atoms with Gasteiger partial charge in [-0.1, -0.05) is 54.6 Å². The molecule has 1 aromatic heterocycles. The number of methoxy groups -OCH3 is 1. The van der Waals surface area contributed by atoms with Crippen LogP contribution in [-0.4, -0.2) is 36.1 Å². The summed E-state index contributed by atoms with van der Waals surface area (Å²) in [5.74, 6) is -0.0427. The lowest BCUT2D eigenvalue weighted by atomic mass is 10.1. The summed E-state index contributed by atoms with van der Waals surface area (Å²) in [5.41, 5.74) is 2.92. The first-order chi connectivity index (χ1) is 12.8. The Labute approximate surface area is 153 Å². The smallest absolute Gasteiger partial charge is 0.246 e. The van der Waals surface area contributed by atoms with E-state index in [2.05, 4.69) is 4.98 Å². The largest absolute Gasteiger partial charge is 0.383 e. The molecule has 0 atom stereocenters. The molecule has 0 aliphatic heterocycles. The molecule has 0 radical (unpaired) electrons. The van der Waals surface area contributed by atoms with Crippen LogP contribution in [0.4, 0.5) is 0 Å². The van der Waals surface area contributed by atoms with Gasteiger partial charge in [-0.15, -0.1) is 0 Å². The van der Waals surface area contributed by atoms with Gasteiger partial charge in [-0.3, -0.25) is 9.78 Å². The molecular formula is C22H22N2O2. The summed E-state index contributed by atoms with van der Waals surface area (Å²) in [6.07, 6.45) is 5.21. The molecule has 3 aromatic rings. The summed E-state index contributed by atoms with van der Waals surface area (Å²) in [4.78, 5) is 18.9. The SMILES string of the molecule is COCCN(Cc1ccccc1)C(=O)/C=C/c1cccc2cccnc12. The van der Waals surface area contributed by atoms with Gasteiger partial charge >= 0.3 is 0 Å². The predicted octanol–water partition coefficient (Wildman–Crippen LogP) is 3.92. The number of carbonyl (C=O) groups excluding carboxylic acids is 1. The summed E-state index contributed by atoms with van der Waals surface area (Å²) in [6, 6.07) is 19.8. The number of fused-ring (bicyclic) bond motifs is 1. The van der Waals surface area contributed by atoms with Gasteiger partial charge in [0.25, 0.3) is 0 Å². The molecule has 2 aromatic carbocycles. The van der Waals surface area contributed by atoms with Crippen molar-refractivity contribution < 1.29 is 9.53 Å². The van der Waals surface area contributed by atoms with Gasteiger partial charge in [0.05, 0.1) is 12.1 Å². The number of rotatable bonds is 7. The van der Waals surface area contributed by atoms with Crippen LogP contribution >= 0.6 is 0 Å². The molecule has 0 saturated carbocycles. The average Bonchev–Trinajstić information content (AvgIpc) is 2.70.